The highest BCUT2D eigenvalue weighted by Crippen LogP contribution is 2.45. The largest absolute Gasteiger partial charge is 0.542 e. The highest BCUT2D eigenvalue weighted by molar-refractivity contribution is 5.88. The Kier molecular flexibility index (Phi) is 36.0. The van der Waals surface area contributed by atoms with Crippen LogP contribution in [0.3, 0.4) is 0 Å². The second-order valence-electron chi connectivity index (χ2n) is 32.8. The SMILES string of the molecule is C[N+]1(CCCOc2cccc(C#N)c2)CCC(OC(=O)C(O)(c2ccco2)C2CCCCC2)C1.C[N+]1(CCCOc2cccc3ccccc23)CCC(OC(=O)C(O)(c2ccco2)C2CCCCC2)C1.C[N+]1(CCOCc2ccccc2)CCC(OC(=O)C(O)(c2ccco2)C2CCCCC2)C1.O=C([O-])C(F)(F)F.O=C([O-])C(F)(F)F.O=C([O-])C(F)(F)F. The van der Waals surface area contributed by atoms with Gasteiger partial charge >= 0.3 is 36.4 Å². The molecule has 3 N–H and O–H groups in total. The van der Waals surface area contributed by atoms with Gasteiger partial charge in [-0.15, -0.1) is 0 Å². The maximum absolute atomic E-state index is 13.4. The molecule has 0 amide bonds. The predicted molar refractivity (Wildman–Crippen MR) is 418 cm³/mol. The predicted octanol–water partition coefficient (Wildman–Crippen LogP) is 11.5. The van der Waals surface area contributed by atoms with E-state index in [1.54, 1.807) is 48.5 Å². The van der Waals surface area contributed by atoms with Crippen molar-refractivity contribution in [2.45, 2.75) is 189 Å². The zero-order chi connectivity index (χ0) is 89.7. The minimum atomic E-state index is -5.19. The third-order valence-corrected chi connectivity index (χ3v) is 23.4. The number of benzene rings is 4. The number of aliphatic hydroxyl groups is 3. The van der Waals surface area contributed by atoms with E-state index in [-0.39, 0.29) is 41.8 Å². The number of alkyl halides is 9. The van der Waals surface area contributed by atoms with Crippen molar-refractivity contribution in [2.75, 3.05) is 99.9 Å². The minimum absolute atomic E-state index is 0.163. The van der Waals surface area contributed by atoms with Crippen molar-refractivity contribution in [1.82, 2.24) is 0 Å². The molecular weight excluding hydrogens is 1630 g/mol. The van der Waals surface area contributed by atoms with Crippen LogP contribution in [0.15, 0.2) is 166 Å². The molecule has 6 aliphatic rings. The number of likely N-dealkylation sites (tertiary alicyclic amines) is 3. The van der Waals surface area contributed by atoms with Crippen molar-refractivity contribution in [1.29, 1.82) is 5.26 Å². The van der Waals surface area contributed by atoms with Gasteiger partial charge in [-0.2, -0.15) is 44.8 Å². The maximum atomic E-state index is 13.4. The molecule has 7 aromatic rings. The second kappa shape index (κ2) is 45.0. The van der Waals surface area contributed by atoms with Gasteiger partial charge in [-0.05, 0) is 110 Å². The van der Waals surface area contributed by atoms with E-state index in [0.29, 0.717) is 55.8 Å². The fraction of sp³-hybridized carbons (Fsp3) is 0.539. The topological polar surface area (TPSA) is 351 Å². The number of likely N-dealkylation sites (N-methyl/N-ethyl adjacent to an activating group) is 3. The number of fused-ring (bicyclic) bond motifs is 1. The number of nitrogens with zero attached hydrogens (tertiary/aromatic N) is 4. The average molecular weight is 1740 g/mol. The number of carbonyl (C=O) groups is 6. The van der Waals surface area contributed by atoms with Gasteiger partial charge in [0.25, 0.3) is 0 Å². The first-order valence-electron chi connectivity index (χ1n) is 41.4. The van der Waals surface area contributed by atoms with Crippen LogP contribution < -0.4 is 24.8 Å². The number of hydrogen-bond donors (Lipinski definition) is 3. The molecule has 123 heavy (non-hydrogen) atoms. The van der Waals surface area contributed by atoms with Gasteiger partial charge in [-0.25, -0.2) is 14.4 Å². The van der Waals surface area contributed by atoms with Crippen LogP contribution in [0.4, 0.5) is 39.5 Å². The number of carboxylic acid groups (broad SMARTS) is 3. The Labute approximate surface area is 707 Å². The van der Waals surface area contributed by atoms with E-state index >= 15 is 0 Å². The van der Waals surface area contributed by atoms with Crippen LogP contribution in [-0.2, 0) is 71.1 Å². The van der Waals surface area contributed by atoms with Gasteiger partial charge in [0.05, 0.1) is 111 Å². The van der Waals surface area contributed by atoms with Crippen LogP contribution in [0.2, 0.25) is 0 Å². The fourth-order valence-electron chi connectivity index (χ4n) is 16.8. The molecule has 3 aromatic heterocycles. The maximum Gasteiger partial charge on any atom is 0.430 e. The first kappa shape index (κ1) is 98.4. The number of carboxylic acids is 3. The molecule has 6 fully saturated rings. The van der Waals surface area contributed by atoms with Crippen molar-refractivity contribution in [3.63, 3.8) is 0 Å². The molecule has 3 aliphatic heterocycles. The summed E-state index contributed by atoms with van der Waals surface area (Å²) in [5.74, 6) is -8.70. The molecule has 34 heteroatoms. The van der Waals surface area contributed by atoms with E-state index in [9.17, 15) is 69.2 Å². The Balaban J connectivity index is 0.000000204. The number of esters is 3. The first-order chi connectivity index (χ1) is 58.2. The number of furan rings is 3. The van der Waals surface area contributed by atoms with Gasteiger partial charge in [0.15, 0.2) is 18.3 Å². The molecular formula is C89H109F9N4O21. The average Bonchev–Trinajstić information content (AvgIpc) is 1.74. The summed E-state index contributed by atoms with van der Waals surface area (Å²) >= 11 is 0. The Bertz CT molecular complexity index is 4410. The molecule has 6 heterocycles. The van der Waals surface area contributed by atoms with E-state index < -0.39 is 71.1 Å². The quantitative estimate of drug-likeness (QED) is 0.0142. The molecule has 4 aromatic carbocycles. The summed E-state index contributed by atoms with van der Waals surface area (Å²) in [5, 5.41) is 72.4. The lowest BCUT2D eigenvalue weighted by Crippen LogP contribution is -2.48. The van der Waals surface area contributed by atoms with Crippen LogP contribution in [0.1, 0.15) is 157 Å². The lowest BCUT2D eigenvalue weighted by Gasteiger charge is -2.35. The zero-order valence-corrected chi connectivity index (χ0v) is 69.1. The van der Waals surface area contributed by atoms with Gasteiger partial charge in [-0.1, -0.05) is 131 Å². The molecule has 0 spiro atoms. The molecule has 9 unspecified atom stereocenters. The number of aliphatic carboxylic acids is 3. The van der Waals surface area contributed by atoms with E-state index in [1.165, 1.54) is 29.7 Å². The Hall–Kier alpha value is -10.0. The monoisotopic (exact) mass is 1740 g/mol. The van der Waals surface area contributed by atoms with E-state index in [2.05, 4.69) is 57.5 Å². The van der Waals surface area contributed by atoms with Crippen LogP contribution in [0, 0.1) is 29.1 Å². The molecule has 13 rings (SSSR count). The van der Waals surface area contributed by atoms with E-state index in [0.717, 1.165) is 205 Å². The third kappa shape index (κ3) is 28.8. The van der Waals surface area contributed by atoms with Gasteiger partial charge in [0.2, 0.25) is 16.8 Å². The lowest BCUT2D eigenvalue weighted by atomic mass is 9.75. The van der Waals surface area contributed by atoms with E-state index in [4.69, 9.17) is 76.6 Å². The molecule has 25 nitrogen and oxygen atoms in total. The molecule has 674 valence electrons. The van der Waals surface area contributed by atoms with Crippen molar-refractivity contribution in [2.24, 2.45) is 17.8 Å². The van der Waals surface area contributed by atoms with Crippen LogP contribution >= 0.6 is 0 Å². The number of carbonyl (C=O) groups excluding carboxylic acids is 6. The highest BCUT2D eigenvalue weighted by Gasteiger charge is 2.55. The summed E-state index contributed by atoms with van der Waals surface area (Å²) < 4.78 is 149. The Morgan fingerprint density at radius 3 is 1.17 bits per heavy atom. The normalized spacial score (nSPS) is 22.7. The van der Waals surface area contributed by atoms with Crippen LogP contribution in [-0.4, -0.2) is 201 Å². The standard InChI is InChI=1S/C30H38NO5.C27H35N2O5.C26H36NO5.3C2HF3O2/c1-31(18-9-21-34-27-15-7-11-23-10-5-6-14-26(23)27)19-17-25(22-31)36-29(32)30(33,28-16-8-20-35-28)24-12-3-2-4-13-24;1-29(14-7-17-32-23-11-5-8-21(18-23)19-28)15-13-24(20-29)34-26(30)27(31,25-12-6-16-33-25)22-9-3-2-4-10-22;1-27(16-18-30-20-21-9-4-2-5-10-21)15-14-23(19-27)32-25(28)26(29,24-13-8-17-31-24)22-11-6-3-7-12-22;3*3-2(4,5)1(6)7/h5-8,10-11,14-16,20,24-25,33H,2-4,9,12-13,17-19,21-22H2,1H3;5-6,8,11-12,16,18,22,24,31H,2-4,7,9-10,13-15,17,20H2,1H3;2,4-5,8-10,13,17,22-23,29H,3,6-7,11-12,14-16,18-20H2,1H3;3*(H,6,7)/q3*+1;;;/p-3. The Morgan fingerprint density at radius 2 is 0.797 bits per heavy atom. The summed E-state index contributed by atoms with van der Waals surface area (Å²) in [7, 11) is 6.56. The number of nitriles is 1. The van der Waals surface area contributed by atoms with Crippen molar-refractivity contribution >= 4 is 46.6 Å². The lowest BCUT2D eigenvalue weighted by molar-refractivity contribution is -0.899. The summed E-state index contributed by atoms with van der Waals surface area (Å²) in [6.45, 7) is 10.2. The number of halogens is 9. The third-order valence-electron chi connectivity index (χ3n) is 23.4. The molecule has 9 atom stereocenters. The van der Waals surface area contributed by atoms with Crippen molar-refractivity contribution in [3.8, 4) is 17.6 Å². The van der Waals surface area contributed by atoms with Gasteiger partial charge in [0, 0.05) is 55.2 Å². The molecule has 3 saturated heterocycles. The number of quaternary nitrogens is 3. The summed E-state index contributed by atoms with van der Waals surface area (Å²) in [5.41, 5.74) is -3.37. The van der Waals surface area contributed by atoms with E-state index in [1.807, 2.05) is 54.6 Å². The van der Waals surface area contributed by atoms with Crippen LogP contribution in [0.25, 0.3) is 10.8 Å². The number of rotatable bonds is 27. The molecule has 0 bridgehead atoms. The minimum Gasteiger partial charge on any atom is -0.542 e. The highest BCUT2D eigenvalue weighted by atomic mass is 19.4. The molecule has 3 saturated carbocycles. The van der Waals surface area contributed by atoms with Gasteiger partial charge in [0.1, 0.15) is 72.9 Å². The van der Waals surface area contributed by atoms with Gasteiger partial charge < -0.3 is 100 Å². The number of ether oxygens (including phenoxy) is 6. The molecule has 0 radical (unpaired) electrons. The van der Waals surface area contributed by atoms with Crippen molar-refractivity contribution in [3.05, 3.63) is 181 Å². The summed E-state index contributed by atoms with van der Waals surface area (Å²) in [6.07, 6.45) is 6.74. The number of hydrogen-bond acceptors (Lipinski definition) is 22. The molecule has 3 aliphatic carbocycles. The summed E-state index contributed by atoms with van der Waals surface area (Å²) in [4.78, 5) is 66.3. The van der Waals surface area contributed by atoms with Crippen molar-refractivity contribution < 1.29 is 154 Å². The van der Waals surface area contributed by atoms with Crippen LogP contribution in [0.5, 0.6) is 11.5 Å². The second-order valence-corrected chi connectivity index (χ2v) is 32.8. The summed E-state index contributed by atoms with van der Waals surface area (Å²) in [6, 6.07) is 44.1. The Morgan fingerprint density at radius 1 is 0.439 bits per heavy atom. The zero-order valence-electron chi connectivity index (χ0n) is 69.1. The first-order valence-corrected chi connectivity index (χ1v) is 41.4. The smallest absolute Gasteiger partial charge is 0.430 e. The van der Waals surface area contributed by atoms with Gasteiger partial charge in [-0.3, -0.25) is 0 Å². The fourth-order valence-corrected chi connectivity index (χ4v) is 16.8.